The molecule has 1 N–H and O–H groups in total. The summed E-state index contributed by atoms with van der Waals surface area (Å²) in [6.45, 7) is 0. The number of carboxylic acid groups (broad SMARTS) is 1. The zero-order valence-electron chi connectivity index (χ0n) is 6.78. The monoisotopic (exact) mass is 206 g/mol. The Balaban J connectivity index is 3.23. The summed E-state index contributed by atoms with van der Waals surface area (Å²) in [6.07, 6.45) is 1.13. The first-order valence-electron chi connectivity index (χ1n) is 3.44. The van der Waals surface area contributed by atoms with Crippen molar-refractivity contribution in [3.8, 4) is 17.9 Å². The fourth-order valence-corrected chi connectivity index (χ4v) is 0.899. The number of rotatable bonds is 1. The topological polar surface area (TPSA) is 74.0 Å². The van der Waals surface area contributed by atoms with Crippen molar-refractivity contribution in [1.29, 1.82) is 5.26 Å². The van der Waals surface area contributed by atoms with Gasteiger partial charge in [0.05, 0.1) is 11.1 Å². The number of carboxylic acids is 1. The predicted octanol–water partition coefficient (Wildman–Crippen LogP) is 1.31. The van der Waals surface area contributed by atoms with Gasteiger partial charge < -0.3 is 5.11 Å². The zero-order valence-corrected chi connectivity index (χ0v) is 7.54. The van der Waals surface area contributed by atoms with Gasteiger partial charge in [0.15, 0.2) is 6.07 Å². The Bertz CT molecular complexity index is 480. The highest BCUT2D eigenvalue weighted by Gasteiger charge is 2.06. The second-order valence-electron chi connectivity index (χ2n) is 2.23. The molecular weight excluding hydrogens is 204 g/mol. The van der Waals surface area contributed by atoms with Crippen LogP contribution in [0.1, 0.15) is 15.9 Å². The van der Waals surface area contributed by atoms with Gasteiger partial charge in [-0.3, -0.25) is 0 Å². The highest BCUT2D eigenvalue weighted by molar-refractivity contribution is 6.30. The average Bonchev–Trinajstić information content (AvgIpc) is 2.16. The number of aromatic carboxylic acids is 1. The maximum atomic E-state index is 10.5. The highest BCUT2D eigenvalue weighted by atomic mass is 35.5. The number of nitrogens with zero attached hydrogens (tertiary/aromatic N) is 2. The first-order valence-corrected chi connectivity index (χ1v) is 3.82. The van der Waals surface area contributed by atoms with Gasteiger partial charge >= 0.3 is 5.97 Å². The minimum absolute atomic E-state index is 0.0170. The quantitative estimate of drug-likeness (QED) is 0.555. The molecule has 0 radical (unpaired) electrons. The van der Waals surface area contributed by atoms with E-state index in [0.717, 1.165) is 6.20 Å². The number of pyridine rings is 1. The molecule has 1 aromatic rings. The molecule has 14 heavy (non-hydrogen) atoms. The van der Waals surface area contributed by atoms with Crippen molar-refractivity contribution in [2.45, 2.75) is 0 Å². The van der Waals surface area contributed by atoms with Crippen LogP contribution in [0, 0.1) is 23.2 Å². The lowest BCUT2D eigenvalue weighted by Gasteiger charge is -1.96. The van der Waals surface area contributed by atoms with E-state index in [0.29, 0.717) is 0 Å². The minimum atomic E-state index is -1.12. The molecule has 0 spiro atoms. The van der Waals surface area contributed by atoms with Gasteiger partial charge in [-0.1, -0.05) is 11.6 Å². The van der Waals surface area contributed by atoms with Crippen LogP contribution >= 0.6 is 11.6 Å². The molecule has 4 nitrogen and oxygen atoms in total. The van der Waals surface area contributed by atoms with Crippen molar-refractivity contribution < 1.29 is 9.90 Å². The van der Waals surface area contributed by atoms with Crippen LogP contribution in [0.4, 0.5) is 0 Å². The third-order valence-corrected chi connectivity index (χ3v) is 1.64. The number of hydrogen-bond acceptors (Lipinski definition) is 3. The SMILES string of the molecule is N#CC#Cc1cc(C(=O)O)cnc1Cl. The van der Waals surface area contributed by atoms with E-state index in [9.17, 15) is 4.79 Å². The fourth-order valence-electron chi connectivity index (χ4n) is 0.748. The third kappa shape index (κ3) is 2.22. The molecule has 0 aliphatic rings. The van der Waals surface area contributed by atoms with Gasteiger partial charge in [-0.2, -0.15) is 5.26 Å². The summed E-state index contributed by atoms with van der Waals surface area (Å²) in [4.78, 5) is 14.2. The molecule has 0 fully saturated rings. The minimum Gasteiger partial charge on any atom is -0.478 e. The number of aromatic nitrogens is 1. The summed E-state index contributed by atoms with van der Waals surface area (Å²) in [6, 6.07) is 2.86. The van der Waals surface area contributed by atoms with E-state index in [2.05, 4.69) is 16.8 Å². The molecule has 0 saturated heterocycles. The van der Waals surface area contributed by atoms with Crippen LogP contribution in [0.15, 0.2) is 12.3 Å². The number of halogens is 1. The lowest BCUT2D eigenvalue weighted by Crippen LogP contribution is -1.98. The lowest BCUT2D eigenvalue weighted by molar-refractivity contribution is 0.0696. The molecule has 0 saturated carbocycles. The van der Waals surface area contributed by atoms with E-state index in [1.54, 1.807) is 6.07 Å². The lowest BCUT2D eigenvalue weighted by atomic mass is 10.2. The second-order valence-corrected chi connectivity index (χ2v) is 2.59. The Hall–Kier alpha value is -2.04. The van der Waals surface area contributed by atoms with Crippen molar-refractivity contribution >= 4 is 17.6 Å². The summed E-state index contributed by atoms with van der Waals surface area (Å²) in [5.41, 5.74) is 0.213. The van der Waals surface area contributed by atoms with Gasteiger partial charge in [-0.25, -0.2) is 9.78 Å². The van der Waals surface area contributed by atoms with E-state index >= 15 is 0 Å². The smallest absolute Gasteiger partial charge is 0.337 e. The van der Waals surface area contributed by atoms with E-state index in [1.165, 1.54) is 6.07 Å². The van der Waals surface area contributed by atoms with Crippen LogP contribution < -0.4 is 0 Å². The Morgan fingerprint density at radius 1 is 1.64 bits per heavy atom. The van der Waals surface area contributed by atoms with Gasteiger partial charge in [0.25, 0.3) is 0 Å². The summed E-state index contributed by atoms with van der Waals surface area (Å²) in [5, 5.41) is 16.9. The molecular formula is C9H3ClN2O2. The molecule has 0 amide bonds. The van der Waals surface area contributed by atoms with Gasteiger partial charge in [0, 0.05) is 12.1 Å². The first-order chi connectivity index (χ1) is 6.65. The molecule has 0 unspecified atom stereocenters. The predicted molar refractivity (Wildman–Crippen MR) is 48.7 cm³/mol. The largest absolute Gasteiger partial charge is 0.478 e. The molecule has 68 valence electrons. The molecule has 0 aliphatic carbocycles. The van der Waals surface area contributed by atoms with Crippen LogP contribution in [0.5, 0.6) is 0 Å². The molecule has 1 rings (SSSR count). The fraction of sp³-hybridized carbons (Fsp3) is 0. The van der Waals surface area contributed by atoms with Crippen molar-refractivity contribution in [2.75, 3.05) is 0 Å². The van der Waals surface area contributed by atoms with E-state index in [4.69, 9.17) is 22.0 Å². The number of carbonyl (C=O) groups is 1. The summed E-state index contributed by atoms with van der Waals surface area (Å²) >= 11 is 5.62. The van der Waals surface area contributed by atoms with Crippen LogP contribution in [0.25, 0.3) is 0 Å². The molecule has 1 heterocycles. The number of nitriles is 1. The normalized spacial score (nSPS) is 8.29. The molecule has 0 atom stereocenters. The number of hydrogen-bond donors (Lipinski definition) is 1. The summed E-state index contributed by atoms with van der Waals surface area (Å²) < 4.78 is 0. The Kier molecular flexibility index (Phi) is 3.06. The maximum absolute atomic E-state index is 10.5. The molecule has 0 aromatic carbocycles. The van der Waals surface area contributed by atoms with E-state index < -0.39 is 5.97 Å². The highest BCUT2D eigenvalue weighted by Crippen LogP contribution is 2.12. The van der Waals surface area contributed by atoms with Crippen LogP contribution in [0.2, 0.25) is 5.15 Å². The Labute approximate surface area is 84.8 Å². The van der Waals surface area contributed by atoms with Crippen molar-refractivity contribution in [3.63, 3.8) is 0 Å². The molecule has 0 aliphatic heterocycles. The van der Waals surface area contributed by atoms with E-state index in [-0.39, 0.29) is 16.3 Å². The Morgan fingerprint density at radius 3 is 2.93 bits per heavy atom. The summed E-state index contributed by atoms with van der Waals surface area (Å²) in [5.74, 6) is 3.38. The standard InChI is InChI=1S/C9H3ClN2O2/c10-8-6(2-1-3-11)4-7(5-12-8)9(13)14/h4-5H,(H,13,14). The van der Waals surface area contributed by atoms with Gasteiger partial charge in [0.1, 0.15) is 5.15 Å². The van der Waals surface area contributed by atoms with Gasteiger partial charge in [0.2, 0.25) is 0 Å². The second kappa shape index (κ2) is 4.27. The van der Waals surface area contributed by atoms with Crippen molar-refractivity contribution in [1.82, 2.24) is 4.98 Å². The van der Waals surface area contributed by atoms with Gasteiger partial charge in [-0.05, 0) is 12.0 Å². The maximum Gasteiger partial charge on any atom is 0.337 e. The average molecular weight is 207 g/mol. The summed E-state index contributed by atoms with van der Waals surface area (Å²) in [7, 11) is 0. The van der Waals surface area contributed by atoms with Crippen LogP contribution in [-0.4, -0.2) is 16.1 Å². The molecule has 0 bridgehead atoms. The van der Waals surface area contributed by atoms with Crippen molar-refractivity contribution in [2.24, 2.45) is 0 Å². The van der Waals surface area contributed by atoms with Crippen molar-refractivity contribution in [3.05, 3.63) is 28.5 Å². The zero-order chi connectivity index (χ0) is 10.6. The van der Waals surface area contributed by atoms with E-state index in [1.807, 2.05) is 0 Å². The van der Waals surface area contributed by atoms with Crippen LogP contribution in [-0.2, 0) is 0 Å². The molecule has 5 heteroatoms. The van der Waals surface area contributed by atoms with Gasteiger partial charge in [-0.15, -0.1) is 0 Å². The Morgan fingerprint density at radius 2 is 2.36 bits per heavy atom. The third-order valence-electron chi connectivity index (χ3n) is 1.34. The van der Waals surface area contributed by atoms with Crippen LogP contribution in [0.3, 0.4) is 0 Å². The molecule has 1 aromatic heterocycles. The first kappa shape index (κ1) is 10.0.